The van der Waals surface area contributed by atoms with E-state index >= 15 is 4.39 Å². The quantitative estimate of drug-likeness (QED) is 0.335. The third-order valence-corrected chi connectivity index (χ3v) is 5.55. The Morgan fingerprint density at radius 1 is 0.895 bits per heavy atom. The van der Waals surface area contributed by atoms with Gasteiger partial charge in [0.25, 0.3) is 0 Å². The first-order chi connectivity index (χ1) is 17.6. The van der Waals surface area contributed by atoms with Gasteiger partial charge in [-0.2, -0.15) is 4.90 Å². The Morgan fingerprint density at radius 2 is 1.50 bits per heavy atom. The Morgan fingerprint density at radius 3 is 2.08 bits per heavy atom. The number of benzene rings is 1. The molecule has 38 heavy (non-hydrogen) atoms. The van der Waals surface area contributed by atoms with Gasteiger partial charge < -0.3 is 9.47 Å². The summed E-state index contributed by atoms with van der Waals surface area (Å²) < 4.78 is 41.2. The lowest BCUT2D eigenvalue weighted by atomic mass is 9.95. The zero-order valence-corrected chi connectivity index (χ0v) is 23.1. The standard InChI is InChI=1S/C28H30ClF2N3O4/c1-16-18(14-32-15-20(16)19-9-8-10-21(29)23(19)31)13-17-11-12-33-24(22(17)30)34(25(35)37-27(2,3)4)26(36)38-28(5,6)7/h8-12,14-15H,13H2,1-7H3. The molecule has 2 heterocycles. The molecule has 0 aliphatic heterocycles. The molecule has 0 unspecified atom stereocenters. The second kappa shape index (κ2) is 11.0. The number of ether oxygens (including phenoxy) is 2. The van der Waals surface area contributed by atoms with Crippen LogP contribution < -0.4 is 4.90 Å². The summed E-state index contributed by atoms with van der Waals surface area (Å²) in [6, 6.07) is 6.08. The van der Waals surface area contributed by atoms with E-state index in [1.807, 2.05) is 0 Å². The van der Waals surface area contributed by atoms with Gasteiger partial charge in [0.2, 0.25) is 0 Å². The molecule has 10 heteroatoms. The van der Waals surface area contributed by atoms with Crippen molar-refractivity contribution in [1.29, 1.82) is 0 Å². The number of rotatable bonds is 4. The molecule has 0 aliphatic carbocycles. The molecule has 3 aromatic rings. The van der Waals surface area contributed by atoms with Crippen molar-refractivity contribution in [2.75, 3.05) is 4.90 Å². The molecule has 202 valence electrons. The molecule has 2 aromatic heterocycles. The van der Waals surface area contributed by atoms with E-state index in [0.29, 0.717) is 21.6 Å². The van der Waals surface area contributed by atoms with Crippen LogP contribution in [-0.2, 0) is 15.9 Å². The number of nitrogens with zero attached hydrogens (tertiary/aromatic N) is 3. The van der Waals surface area contributed by atoms with Crippen molar-refractivity contribution in [2.24, 2.45) is 0 Å². The number of anilines is 1. The summed E-state index contributed by atoms with van der Waals surface area (Å²) in [5.74, 6) is -2.06. The highest BCUT2D eigenvalue weighted by atomic mass is 35.5. The number of halogens is 3. The minimum Gasteiger partial charge on any atom is -0.443 e. The maximum Gasteiger partial charge on any atom is 0.425 e. The van der Waals surface area contributed by atoms with Crippen molar-refractivity contribution < 1.29 is 27.8 Å². The highest BCUT2D eigenvalue weighted by Gasteiger charge is 2.36. The van der Waals surface area contributed by atoms with E-state index in [1.165, 1.54) is 24.5 Å². The van der Waals surface area contributed by atoms with Gasteiger partial charge in [0, 0.05) is 36.1 Å². The first kappa shape index (κ1) is 29.0. The maximum absolute atomic E-state index is 15.8. The molecule has 0 N–H and O–H groups in total. The minimum absolute atomic E-state index is 0.0205. The molecule has 0 bridgehead atoms. The second-order valence-corrected chi connectivity index (χ2v) is 11.1. The van der Waals surface area contributed by atoms with Crippen molar-refractivity contribution in [2.45, 2.75) is 66.1 Å². The van der Waals surface area contributed by atoms with Gasteiger partial charge in [-0.25, -0.2) is 23.4 Å². The van der Waals surface area contributed by atoms with Crippen LogP contribution in [-0.4, -0.2) is 33.4 Å². The SMILES string of the molecule is Cc1c(Cc2ccnc(N(C(=O)OC(C)(C)C)C(=O)OC(C)(C)C)c2F)cncc1-c1cccc(Cl)c1F. The largest absolute Gasteiger partial charge is 0.443 e. The van der Waals surface area contributed by atoms with E-state index in [9.17, 15) is 14.0 Å². The average Bonchev–Trinajstić information content (AvgIpc) is 2.77. The predicted molar refractivity (Wildman–Crippen MR) is 141 cm³/mol. The zero-order valence-electron chi connectivity index (χ0n) is 22.4. The summed E-state index contributed by atoms with van der Waals surface area (Å²) >= 11 is 5.95. The Labute approximate surface area is 225 Å². The summed E-state index contributed by atoms with van der Waals surface area (Å²) in [6.07, 6.45) is 2.08. The fourth-order valence-electron chi connectivity index (χ4n) is 3.56. The first-order valence-corrected chi connectivity index (χ1v) is 12.2. The third-order valence-electron chi connectivity index (χ3n) is 5.26. The van der Waals surface area contributed by atoms with Crippen molar-refractivity contribution in [3.05, 3.63) is 76.2 Å². The van der Waals surface area contributed by atoms with E-state index in [2.05, 4.69) is 9.97 Å². The number of amides is 2. The molecular formula is C28H30ClF2N3O4. The molecule has 0 aliphatic rings. The van der Waals surface area contributed by atoms with Crippen LogP contribution in [0.3, 0.4) is 0 Å². The van der Waals surface area contributed by atoms with Gasteiger partial charge >= 0.3 is 12.2 Å². The normalized spacial score (nSPS) is 11.7. The van der Waals surface area contributed by atoms with E-state index < -0.39 is 40.8 Å². The van der Waals surface area contributed by atoms with Crippen LogP contribution in [0.25, 0.3) is 11.1 Å². The summed E-state index contributed by atoms with van der Waals surface area (Å²) in [7, 11) is 0. The van der Waals surface area contributed by atoms with Gasteiger partial charge in [0.1, 0.15) is 17.0 Å². The number of pyridine rings is 2. The highest BCUT2D eigenvalue weighted by Crippen LogP contribution is 2.32. The van der Waals surface area contributed by atoms with Gasteiger partial charge in [0.15, 0.2) is 11.6 Å². The molecule has 2 amide bonds. The first-order valence-electron chi connectivity index (χ1n) is 11.9. The molecule has 1 aromatic carbocycles. The Balaban J connectivity index is 2.04. The van der Waals surface area contributed by atoms with Crippen molar-refractivity contribution in [3.63, 3.8) is 0 Å². The average molecular weight is 546 g/mol. The van der Waals surface area contributed by atoms with Crippen molar-refractivity contribution >= 4 is 29.6 Å². The lowest BCUT2D eigenvalue weighted by Gasteiger charge is -2.28. The lowest BCUT2D eigenvalue weighted by molar-refractivity contribution is 0.0427. The van der Waals surface area contributed by atoms with E-state index in [4.69, 9.17) is 21.1 Å². The molecule has 3 rings (SSSR count). The van der Waals surface area contributed by atoms with Crippen LogP contribution in [0.4, 0.5) is 24.2 Å². The molecular weight excluding hydrogens is 516 g/mol. The van der Waals surface area contributed by atoms with Gasteiger partial charge in [0.05, 0.1) is 5.02 Å². The van der Waals surface area contributed by atoms with Crippen molar-refractivity contribution in [3.8, 4) is 11.1 Å². The van der Waals surface area contributed by atoms with Crippen LogP contribution in [0.2, 0.25) is 5.02 Å². The van der Waals surface area contributed by atoms with Crippen LogP contribution in [0.5, 0.6) is 0 Å². The summed E-state index contributed by atoms with van der Waals surface area (Å²) in [6.45, 7) is 11.5. The molecule has 0 spiro atoms. The molecule has 0 atom stereocenters. The summed E-state index contributed by atoms with van der Waals surface area (Å²) in [4.78, 5) is 34.5. The number of imide groups is 1. The highest BCUT2D eigenvalue weighted by molar-refractivity contribution is 6.31. The van der Waals surface area contributed by atoms with Gasteiger partial charge in [-0.05, 0) is 77.3 Å². The van der Waals surface area contributed by atoms with Crippen molar-refractivity contribution in [1.82, 2.24) is 9.97 Å². The number of hydrogen-bond acceptors (Lipinski definition) is 6. The second-order valence-electron chi connectivity index (χ2n) is 10.7. The zero-order chi connectivity index (χ0) is 28.4. The monoisotopic (exact) mass is 545 g/mol. The lowest BCUT2D eigenvalue weighted by Crippen LogP contribution is -2.44. The maximum atomic E-state index is 15.8. The Bertz CT molecular complexity index is 1340. The van der Waals surface area contributed by atoms with E-state index in [-0.39, 0.29) is 22.6 Å². The topological polar surface area (TPSA) is 81.6 Å². The van der Waals surface area contributed by atoms with Crippen LogP contribution in [0.15, 0.2) is 42.9 Å². The van der Waals surface area contributed by atoms with Crippen LogP contribution in [0.1, 0.15) is 58.2 Å². The molecule has 0 radical (unpaired) electrons. The smallest absolute Gasteiger partial charge is 0.425 e. The molecule has 0 saturated carbocycles. The van der Waals surface area contributed by atoms with Gasteiger partial charge in [-0.1, -0.05) is 23.7 Å². The Hall–Kier alpha value is -3.59. The molecule has 7 nitrogen and oxygen atoms in total. The van der Waals surface area contributed by atoms with E-state index in [1.54, 1.807) is 66.8 Å². The van der Waals surface area contributed by atoms with Crippen LogP contribution in [0, 0.1) is 18.6 Å². The summed E-state index contributed by atoms with van der Waals surface area (Å²) in [5.41, 5.74) is 0.214. The minimum atomic E-state index is -1.13. The van der Waals surface area contributed by atoms with Gasteiger partial charge in [-0.15, -0.1) is 0 Å². The predicted octanol–water partition coefficient (Wildman–Crippen LogP) is 7.65. The Kier molecular flexibility index (Phi) is 8.41. The fraction of sp³-hybridized carbons (Fsp3) is 0.357. The van der Waals surface area contributed by atoms with E-state index in [0.717, 1.165) is 0 Å². The number of aromatic nitrogens is 2. The number of carbonyl (C=O) groups is 2. The number of carbonyl (C=O) groups excluding carboxylic acids is 2. The number of hydrogen-bond donors (Lipinski definition) is 0. The van der Waals surface area contributed by atoms with Gasteiger partial charge in [-0.3, -0.25) is 4.98 Å². The third kappa shape index (κ3) is 6.83. The van der Waals surface area contributed by atoms with Crippen LogP contribution >= 0.6 is 11.6 Å². The fourth-order valence-corrected chi connectivity index (χ4v) is 3.74. The molecule has 0 saturated heterocycles. The molecule has 0 fully saturated rings. The summed E-state index contributed by atoms with van der Waals surface area (Å²) in [5, 5.41) is -0.0264.